The number of anilines is 1. The Morgan fingerprint density at radius 2 is 2.11 bits per heavy atom. The van der Waals surface area contributed by atoms with Crippen LogP contribution in [0.5, 0.6) is 0 Å². The Balaban J connectivity index is 1.70. The number of hydrogen-bond donors (Lipinski definition) is 1. The molecule has 6 nitrogen and oxygen atoms in total. The van der Waals surface area contributed by atoms with E-state index in [-0.39, 0.29) is 24.2 Å². The van der Waals surface area contributed by atoms with Gasteiger partial charge in [-0.25, -0.2) is 4.39 Å². The van der Waals surface area contributed by atoms with E-state index in [1.165, 1.54) is 10.7 Å². The summed E-state index contributed by atoms with van der Waals surface area (Å²) in [6.07, 6.45) is 0.139. The molecule has 0 saturated carbocycles. The van der Waals surface area contributed by atoms with E-state index >= 15 is 0 Å². The maximum atomic E-state index is 14.6. The largest absolute Gasteiger partial charge is 0.422 e. The Labute approximate surface area is 167 Å². The molecule has 1 amide bonds. The zero-order valence-corrected chi connectivity index (χ0v) is 16.3. The number of aryl methyl sites for hydroxylation is 1. The molecule has 0 bridgehead atoms. The van der Waals surface area contributed by atoms with Crippen molar-refractivity contribution in [3.05, 3.63) is 69.6 Å². The zero-order chi connectivity index (χ0) is 19.4. The summed E-state index contributed by atoms with van der Waals surface area (Å²) in [6.45, 7) is 1.83. The van der Waals surface area contributed by atoms with E-state index in [1.807, 2.05) is 31.2 Å². The van der Waals surface area contributed by atoms with Crippen LogP contribution in [0.1, 0.15) is 29.2 Å². The van der Waals surface area contributed by atoms with Gasteiger partial charge in [-0.05, 0) is 42.8 Å². The van der Waals surface area contributed by atoms with Crippen molar-refractivity contribution in [2.24, 2.45) is 0 Å². The molecule has 1 unspecified atom stereocenters. The first kappa shape index (κ1) is 17.1. The van der Waals surface area contributed by atoms with Gasteiger partial charge in [-0.1, -0.05) is 28.1 Å². The van der Waals surface area contributed by atoms with Crippen LogP contribution in [-0.4, -0.2) is 20.7 Å². The molecule has 5 rings (SSSR count). The fraction of sp³-hybridized carbons (Fsp3) is 0.150. The number of halogens is 2. The van der Waals surface area contributed by atoms with E-state index in [0.717, 1.165) is 10.0 Å². The van der Waals surface area contributed by atoms with E-state index in [4.69, 9.17) is 4.42 Å². The predicted molar refractivity (Wildman–Crippen MR) is 105 cm³/mol. The molecule has 0 spiro atoms. The molecule has 140 valence electrons. The lowest BCUT2D eigenvalue weighted by molar-refractivity contribution is -0.116. The van der Waals surface area contributed by atoms with Crippen molar-refractivity contribution in [3.63, 3.8) is 0 Å². The highest BCUT2D eigenvalue weighted by Crippen LogP contribution is 2.41. The van der Waals surface area contributed by atoms with Crippen molar-refractivity contribution in [3.8, 4) is 6.01 Å². The van der Waals surface area contributed by atoms with Gasteiger partial charge in [0.05, 0.1) is 5.69 Å². The Hall–Kier alpha value is -3.00. The predicted octanol–water partition coefficient (Wildman–Crippen LogP) is 4.70. The highest BCUT2D eigenvalue weighted by Gasteiger charge is 2.35. The number of nitrogens with one attached hydrogen (secondary N) is 1. The lowest BCUT2D eigenvalue weighted by Crippen LogP contribution is -2.25. The van der Waals surface area contributed by atoms with Crippen LogP contribution in [-0.2, 0) is 4.79 Å². The fourth-order valence-electron chi connectivity index (χ4n) is 3.68. The molecule has 4 aromatic rings. The molecule has 2 aromatic heterocycles. The van der Waals surface area contributed by atoms with Gasteiger partial charge in [-0.3, -0.25) is 4.79 Å². The minimum absolute atomic E-state index is 0.139. The zero-order valence-electron chi connectivity index (χ0n) is 14.7. The molecular weight excluding hydrogens is 427 g/mol. The van der Waals surface area contributed by atoms with Gasteiger partial charge in [0.25, 0.3) is 0 Å². The maximum Gasteiger partial charge on any atom is 0.325 e. The number of benzene rings is 2. The number of para-hydroxylation sites is 2. The number of rotatable bonds is 2. The molecule has 28 heavy (non-hydrogen) atoms. The average Bonchev–Trinajstić information content (AvgIpc) is 3.24. The van der Waals surface area contributed by atoms with Gasteiger partial charge in [-0.15, -0.1) is 0 Å². The van der Waals surface area contributed by atoms with E-state index in [0.29, 0.717) is 28.2 Å². The van der Waals surface area contributed by atoms with Crippen molar-refractivity contribution in [2.45, 2.75) is 19.3 Å². The van der Waals surface area contributed by atoms with Crippen LogP contribution < -0.4 is 5.32 Å². The van der Waals surface area contributed by atoms with Gasteiger partial charge in [-0.2, -0.15) is 14.8 Å². The van der Waals surface area contributed by atoms with E-state index in [1.54, 1.807) is 12.1 Å². The quantitative estimate of drug-likeness (QED) is 0.490. The third-order valence-electron chi connectivity index (χ3n) is 4.90. The third-order valence-corrected chi connectivity index (χ3v) is 5.39. The molecule has 1 atom stereocenters. The molecular formula is C20H14BrFN4O2. The highest BCUT2D eigenvalue weighted by molar-refractivity contribution is 9.10. The van der Waals surface area contributed by atoms with Gasteiger partial charge in [0.15, 0.2) is 5.58 Å². The highest BCUT2D eigenvalue weighted by atomic mass is 79.9. The number of aromatic nitrogens is 3. The minimum atomic E-state index is -0.445. The minimum Gasteiger partial charge on any atom is -0.422 e. The Morgan fingerprint density at radius 3 is 2.93 bits per heavy atom. The topological polar surface area (TPSA) is 73.0 Å². The smallest absolute Gasteiger partial charge is 0.325 e. The molecule has 2 aromatic carbocycles. The van der Waals surface area contributed by atoms with Crippen LogP contribution >= 0.6 is 15.9 Å². The van der Waals surface area contributed by atoms with Crippen molar-refractivity contribution >= 4 is 38.8 Å². The molecule has 0 fully saturated rings. The number of carbonyl (C=O) groups is 1. The van der Waals surface area contributed by atoms with Crippen LogP contribution in [0.2, 0.25) is 0 Å². The van der Waals surface area contributed by atoms with Gasteiger partial charge < -0.3 is 9.73 Å². The van der Waals surface area contributed by atoms with Crippen LogP contribution in [0.25, 0.3) is 17.1 Å². The summed E-state index contributed by atoms with van der Waals surface area (Å²) in [7, 11) is 0. The average molecular weight is 441 g/mol. The number of carbonyl (C=O) groups excluding carboxylic acids is 1. The van der Waals surface area contributed by atoms with E-state index < -0.39 is 5.92 Å². The van der Waals surface area contributed by atoms with Crippen molar-refractivity contribution < 1.29 is 13.6 Å². The number of nitrogens with zero attached hydrogens (tertiary/aromatic N) is 3. The second kappa shape index (κ2) is 6.27. The molecule has 1 aliphatic rings. The van der Waals surface area contributed by atoms with Crippen molar-refractivity contribution in [1.82, 2.24) is 14.8 Å². The summed E-state index contributed by atoms with van der Waals surface area (Å²) < 4.78 is 22.6. The Bertz CT molecular complexity index is 1210. The summed E-state index contributed by atoms with van der Waals surface area (Å²) in [6, 6.07) is 12.4. The lowest BCUT2D eigenvalue weighted by atomic mass is 9.85. The summed E-state index contributed by atoms with van der Waals surface area (Å²) in [5.41, 5.74) is 3.21. The summed E-state index contributed by atoms with van der Waals surface area (Å²) in [5, 5.41) is 7.38. The summed E-state index contributed by atoms with van der Waals surface area (Å²) in [4.78, 5) is 16.9. The number of oxazole rings is 1. The SMILES string of the molecule is Cc1nn(-c2nc3ccccc3o2)c2c1C(c1cc(Br)ccc1F)CC(=O)N2. The first-order valence-corrected chi connectivity index (χ1v) is 9.51. The van der Waals surface area contributed by atoms with Crippen LogP contribution in [0.3, 0.4) is 0 Å². The second-order valence-electron chi connectivity index (χ2n) is 6.69. The van der Waals surface area contributed by atoms with Crippen molar-refractivity contribution in [2.75, 3.05) is 5.32 Å². The fourth-order valence-corrected chi connectivity index (χ4v) is 4.06. The summed E-state index contributed by atoms with van der Waals surface area (Å²) in [5.74, 6) is -0.555. The monoisotopic (exact) mass is 440 g/mol. The van der Waals surface area contributed by atoms with Gasteiger partial charge in [0.2, 0.25) is 5.91 Å². The molecule has 0 radical (unpaired) electrons. The van der Waals surface area contributed by atoms with Crippen LogP contribution in [0.4, 0.5) is 10.2 Å². The van der Waals surface area contributed by atoms with E-state index in [9.17, 15) is 9.18 Å². The van der Waals surface area contributed by atoms with Gasteiger partial charge in [0, 0.05) is 22.4 Å². The van der Waals surface area contributed by atoms with Crippen LogP contribution in [0.15, 0.2) is 51.4 Å². The molecule has 8 heteroatoms. The first-order valence-electron chi connectivity index (χ1n) is 8.71. The molecule has 0 aliphatic carbocycles. The number of amides is 1. The van der Waals surface area contributed by atoms with Crippen molar-refractivity contribution in [1.29, 1.82) is 0 Å². The molecule has 1 aliphatic heterocycles. The Morgan fingerprint density at radius 1 is 1.29 bits per heavy atom. The lowest BCUT2D eigenvalue weighted by Gasteiger charge is -2.24. The number of hydrogen-bond acceptors (Lipinski definition) is 4. The third kappa shape index (κ3) is 2.63. The standard InChI is InChI=1S/C20H14BrFN4O2/c1-10-18-13(12-8-11(21)6-7-14(12)22)9-17(27)24-19(18)26(25-10)20-23-15-4-2-3-5-16(15)28-20/h2-8,13H,9H2,1H3,(H,24,27). The summed E-state index contributed by atoms with van der Waals surface area (Å²) >= 11 is 3.38. The number of fused-ring (bicyclic) bond motifs is 2. The van der Waals surface area contributed by atoms with Crippen LogP contribution in [0, 0.1) is 12.7 Å². The molecule has 1 N–H and O–H groups in total. The first-order chi connectivity index (χ1) is 13.5. The Kier molecular flexibility index (Phi) is 3.83. The van der Waals surface area contributed by atoms with Gasteiger partial charge >= 0.3 is 6.01 Å². The van der Waals surface area contributed by atoms with Gasteiger partial charge in [0.1, 0.15) is 17.2 Å². The molecule has 0 saturated heterocycles. The van der Waals surface area contributed by atoms with E-state index in [2.05, 4.69) is 31.3 Å². The second-order valence-corrected chi connectivity index (χ2v) is 7.61. The molecule has 3 heterocycles. The normalized spacial score (nSPS) is 16.2. The maximum absolute atomic E-state index is 14.6.